The zero-order valence-electron chi connectivity index (χ0n) is 14.4. The van der Waals surface area contributed by atoms with Crippen molar-refractivity contribution in [1.29, 1.82) is 0 Å². The van der Waals surface area contributed by atoms with Crippen LogP contribution in [-0.2, 0) is 0 Å². The van der Waals surface area contributed by atoms with Crippen molar-refractivity contribution in [3.8, 4) is 28.0 Å². The van der Waals surface area contributed by atoms with Gasteiger partial charge in [0.2, 0.25) is 0 Å². The van der Waals surface area contributed by atoms with Gasteiger partial charge in [0.15, 0.2) is 5.65 Å². The smallest absolute Gasteiger partial charge is 0.163 e. The average Bonchev–Trinajstić information content (AvgIpc) is 3.07. The SMILES string of the molecule is COc1ccc(-c2c(C)nc3c(-c4cccnc4)cnn3c2C)cc1. The van der Waals surface area contributed by atoms with Gasteiger partial charge in [-0.05, 0) is 37.6 Å². The van der Waals surface area contributed by atoms with Crippen molar-refractivity contribution in [3.05, 3.63) is 66.4 Å². The monoisotopic (exact) mass is 330 g/mol. The first-order valence-electron chi connectivity index (χ1n) is 8.09. The van der Waals surface area contributed by atoms with Gasteiger partial charge in [0.25, 0.3) is 0 Å². The molecule has 0 saturated heterocycles. The van der Waals surface area contributed by atoms with Crippen LogP contribution in [0.2, 0.25) is 0 Å². The first-order chi connectivity index (χ1) is 12.2. The Morgan fingerprint density at radius 1 is 0.960 bits per heavy atom. The van der Waals surface area contributed by atoms with Crippen LogP contribution >= 0.6 is 0 Å². The summed E-state index contributed by atoms with van der Waals surface area (Å²) in [5.74, 6) is 0.839. The van der Waals surface area contributed by atoms with Gasteiger partial charge in [-0.1, -0.05) is 18.2 Å². The van der Waals surface area contributed by atoms with E-state index in [4.69, 9.17) is 9.72 Å². The number of benzene rings is 1. The lowest BCUT2D eigenvalue weighted by Gasteiger charge is -2.12. The number of aromatic nitrogens is 4. The molecule has 0 N–H and O–H groups in total. The predicted molar refractivity (Wildman–Crippen MR) is 97.7 cm³/mol. The number of fused-ring (bicyclic) bond motifs is 1. The largest absolute Gasteiger partial charge is 0.497 e. The van der Waals surface area contributed by atoms with E-state index < -0.39 is 0 Å². The molecule has 3 heterocycles. The number of hydrogen-bond acceptors (Lipinski definition) is 4. The molecule has 0 radical (unpaired) electrons. The Balaban J connectivity index is 1.91. The van der Waals surface area contributed by atoms with Gasteiger partial charge >= 0.3 is 0 Å². The summed E-state index contributed by atoms with van der Waals surface area (Å²) in [5.41, 5.74) is 7.07. The van der Waals surface area contributed by atoms with E-state index in [2.05, 4.69) is 17.0 Å². The first kappa shape index (κ1) is 15.3. The van der Waals surface area contributed by atoms with Crippen molar-refractivity contribution in [2.45, 2.75) is 13.8 Å². The van der Waals surface area contributed by atoms with Crippen molar-refractivity contribution in [2.75, 3.05) is 7.11 Å². The molecule has 0 aliphatic carbocycles. The fourth-order valence-corrected chi connectivity index (χ4v) is 3.18. The van der Waals surface area contributed by atoms with E-state index in [1.807, 2.05) is 60.2 Å². The molecule has 0 amide bonds. The number of ether oxygens (including phenoxy) is 1. The molecule has 124 valence electrons. The van der Waals surface area contributed by atoms with E-state index in [0.29, 0.717) is 0 Å². The van der Waals surface area contributed by atoms with Crippen LogP contribution < -0.4 is 4.74 Å². The molecular formula is C20H18N4O. The standard InChI is InChI=1S/C20H18N4O/c1-13-19(15-6-8-17(25-3)9-7-15)14(2)24-20(23-13)18(12-22-24)16-5-4-10-21-11-16/h4-12H,1-3H3. The Morgan fingerprint density at radius 2 is 1.76 bits per heavy atom. The van der Waals surface area contributed by atoms with Crippen LogP contribution in [0.25, 0.3) is 27.9 Å². The van der Waals surface area contributed by atoms with Crippen LogP contribution in [-0.4, -0.2) is 26.7 Å². The third kappa shape index (κ3) is 2.54. The van der Waals surface area contributed by atoms with Crippen molar-refractivity contribution >= 4 is 5.65 Å². The van der Waals surface area contributed by atoms with Crippen LogP contribution in [0.3, 0.4) is 0 Å². The summed E-state index contributed by atoms with van der Waals surface area (Å²) < 4.78 is 7.15. The minimum absolute atomic E-state index is 0.839. The minimum Gasteiger partial charge on any atom is -0.497 e. The van der Waals surface area contributed by atoms with E-state index in [9.17, 15) is 0 Å². The number of aryl methyl sites for hydroxylation is 2. The molecule has 0 fully saturated rings. The second-order valence-electron chi connectivity index (χ2n) is 5.92. The zero-order chi connectivity index (χ0) is 17.4. The summed E-state index contributed by atoms with van der Waals surface area (Å²) in [6.45, 7) is 4.11. The summed E-state index contributed by atoms with van der Waals surface area (Å²) >= 11 is 0. The number of pyridine rings is 1. The highest BCUT2D eigenvalue weighted by atomic mass is 16.5. The Kier molecular flexibility index (Phi) is 3.69. The maximum atomic E-state index is 5.25. The van der Waals surface area contributed by atoms with E-state index in [0.717, 1.165) is 45.0 Å². The number of methoxy groups -OCH3 is 1. The third-order valence-corrected chi connectivity index (χ3v) is 4.41. The van der Waals surface area contributed by atoms with Gasteiger partial charge in [-0.2, -0.15) is 5.10 Å². The van der Waals surface area contributed by atoms with Crippen molar-refractivity contribution in [3.63, 3.8) is 0 Å². The molecule has 0 aliphatic rings. The molecule has 5 heteroatoms. The van der Waals surface area contributed by atoms with Gasteiger partial charge < -0.3 is 4.74 Å². The second kappa shape index (κ2) is 6.02. The van der Waals surface area contributed by atoms with E-state index in [1.165, 1.54) is 0 Å². The summed E-state index contributed by atoms with van der Waals surface area (Å²) in [5, 5.41) is 4.56. The van der Waals surface area contributed by atoms with Crippen molar-refractivity contribution < 1.29 is 4.74 Å². The molecule has 0 spiro atoms. The maximum Gasteiger partial charge on any atom is 0.163 e. The van der Waals surface area contributed by atoms with Gasteiger partial charge in [0, 0.05) is 34.8 Å². The van der Waals surface area contributed by atoms with Crippen LogP contribution in [0, 0.1) is 13.8 Å². The van der Waals surface area contributed by atoms with E-state index >= 15 is 0 Å². The maximum absolute atomic E-state index is 5.25. The highest BCUT2D eigenvalue weighted by Crippen LogP contribution is 2.31. The van der Waals surface area contributed by atoms with Gasteiger partial charge in [-0.15, -0.1) is 0 Å². The normalized spacial score (nSPS) is 11.0. The van der Waals surface area contributed by atoms with Gasteiger partial charge in [-0.25, -0.2) is 9.50 Å². The summed E-state index contributed by atoms with van der Waals surface area (Å²) in [6, 6.07) is 12.0. The highest BCUT2D eigenvalue weighted by Gasteiger charge is 2.16. The quantitative estimate of drug-likeness (QED) is 0.568. The third-order valence-electron chi connectivity index (χ3n) is 4.41. The topological polar surface area (TPSA) is 52.3 Å². The number of rotatable bonds is 3. The van der Waals surface area contributed by atoms with Crippen LogP contribution in [0.15, 0.2) is 55.0 Å². The minimum atomic E-state index is 0.839. The average molecular weight is 330 g/mol. The van der Waals surface area contributed by atoms with Crippen molar-refractivity contribution in [2.24, 2.45) is 0 Å². The molecule has 25 heavy (non-hydrogen) atoms. The number of nitrogens with zero attached hydrogens (tertiary/aromatic N) is 4. The van der Waals surface area contributed by atoms with Crippen LogP contribution in [0.1, 0.15) is 11.4 Å². The second-order valence-corrected chi connectivity index (χ2v) is 5.92. The molecule has 1 aromatic carbocycles. The Labute approximate surface area is 145 Å². The number of hydrogen-bond donors (Lipinski definition) is 0. The molecule has 0 saturated carbocycles. The van der Waals surface area contributed by atoms with Crippen LogP contribution in [0.5, 0.6) is 5.75 Å². The lowest BCUT2D eigenvalue weighted by Crippen LogP contribution is -2.02. The fourth-order valence-electron chi connectivity index (χ4n) is 3.18. The predicted octanol–water partition coefficient (Wildman–Crippen LogP) is 4.08. The van der Waals surface area contributed by atoms with Crippen molar-refractivity contribution in [1.82, 2.24) is 19.6 Å². The molecule has 0 aliphatic heterocycles. The molecule has 3 aromatic heterocycles. The molecule has 4 rings (SSSR count). The zero-order valence-corrected chi connectivity index (χ0v) is 14.4. The molecular weight excluding hydrogens is 312 g/mol. The Bertz CT molecular complexity index is 1040. The lowest BCUT2D eigenvalue weighted by molar-refractivity contribution is 0.415. The molecule has 0 bridgehead atoms. The Hall–Kier alpha value is -3.21. The van der Waals surface area contributed by atoms with E-state index in [1.54, 1.807) is 13.3 Å². The summed E-state index contributed by atoms with van der Waals surface area (Å²) in [4.78, 5) is 9.03. The first-order valence-corrected chi connectivity index (χ1v) is 8.09. The van der Waals surface area contributed by atoms with E-state index in [-0.39, 0.29) is 0 Å². The van der Waals surface area contributed by atoms with Gasteiger partial charge in [-0.3, -0.25) is 4.98 Å². The highest BCUT2D eigenvalue weighted by molar-refractivity contribution is 5.79. The molecule has 5 nitrogen and oxygen atoms in total. The summed E-state index contributed by atoms with van der Waals surface area (Å²) in [6.07, 6.45) is 5.45. The van der Waals surface area contributed by atoms with Gasteiger partial charge in [0.1, 0.15) is 5.75 Å². The molecule has 4 aromatic rings. The Morgan fingerprint density at radius 3 is 2.44 bits per heavy atom. The van der Waals surface area contributed by atoms with Gasteiger partial charge in [0.05, 0.1) is 19.0 Å². The lowest BCUT2D eigenvalue weighted by atomic mass is 10.0. The van der Waals surface area contributed by atoms with Crippen LogP contribution in [0.4, 0.5) is 0 Å². The summed E-state index contributed by atoms with van der Waals surface area (Å²) in [7, 11) is 1.67. The molecule has 0 atom stereocenters. The molecule has 0 unspecified atom stereocenters. The fraction of sp³-hybridized carbons (Fsp3) is 0.150.